The van der Waals surface area contributed by atoms with E-state index in [2.05, 4.69) is 5.32 Å². The molecule has 0 aliphatic carbocycles. The van der Waals surface area contributed by atoms with Crippen LogP contribution in [0.4, 0.5) is 0 Å². The molecule has 1 unspecified atom stereocenters. The molecule has 0 heterocycles. The lowest BCUT2D eigenvalue weighted by atomic mass is 10.0. The van der Waals surface area contributed by atoms with Crippen LogP contribution in [0.15, 0.2) is 18.2 Å². The molecule has 7 nitrogen and oxygen atoms in total. The number of hydrogen-bond donors (Lipinski definition) is 1. The Balaban J connectivity index is 2.86. The molecule has 0 spiro atoms. The predicted molar refractivity (Wildman–Crippen MR) is 103 cm³/mol. The van der Waals surface area contributed by atoms with Gasteiger partial charge in [-0.15, -0.1) is 11.6 Å². The van der Waals surface area contributed by atoms with Gasteiger partial charge in [-0.05, 0) is 37.5 Å². The van der Waals surface area contributed by atoms with Crippen LogP contribution >= 0.6 is 11.6 Å². The number of benzene rings is 1. The van der Waals surface area contributed by atoms with Crippen molar-refractivity contribution in [3.8, 4) is 5.75 Å². The van der Waals surface area contributed by atoms with Crippen molar-refractivity contribution < 1.29 is 23.9 Å². The molecule has 0 fully saturated rings. The van der Waals surface area contributed by atoms with E-state index in [4.69, 9.17) is 16.3 Å². The number of carbonyl (C=O) groups excluding carboxylic acids is 4. The van der Waals surface area contributed by atoms with E-state index in [1.807, 2.05) is 0 Å². The first-order valence-corrected chi connectivity index (χ1v) is 9.23. The maximum absolute atomic E-state index is 12.7. The van der Waals surface area contributed by atoms with Gasteiger partial charge in [0.2, 0.25) is 5.91 Å². The maximum atomic E-state index is 12.7. The monoisotopic (exact) mass is 396 g/mol. The average molecular weight is 397 g/mol. The molecule has 1 aromatic rings. The van der Waals surface area contributed by atoms with Crippen LogP contribution in [0, 0.1) is 0 Å². The van der Waals surface area contributed by atoms with Crippen LogP contribution in [0.2, 0.25) is 0 Å². The van der Waals surface area contributed by atoms with Crippen molar-refractivity contribution in [1.29, 1.82) is 0 Å². The number of halogens is 1. The zero-order chi connectivity index (χ0) is 20.2. The Hall–Kier alpha value is -2.41. The minimum atomic E-state index is -0.763. The minimum absolute atomic E-state index is 0.118. The first-order valence-electron chi connectivity index (χ1n) is 8.69. The van der Waals surface area contributed by atoms with Crippen LogP contribution < -0.4 is 10.1 Å². The fourth-order valence-corrected chi connectivity index (χ4v) is 2.60. The molecule has 1 N–H and O–H groups in total. The molecule has 1 aromatic carbocycles. The van der Waals surface area contributed by atoms with Gasteiger partial charge in [-0.3, -0.25) is 14.4 Å². The highest BCUT2D eigenvalue weighted by atomic mass is 35.5. The number of likely N-dealkylation sites (N-methyl/N-ethyl adjacent to an activating group) is 1. The summed E-state index contributed by atoms with van der Waals surface area (Å²) in [4.78, 5) is 48.0. The summed E-state index contributed by atoms with van der Waals surface area (Å²) in [5.41, 5.74) is 0.352. The number of hydrogen-bond acceptors (Lipinski definition) is 5. The van der Waals surface area contributed by atoms with Gasteiger partial charge in [0.15, 0.2) is 6.29 Å². The Kier molecular flexibility index (Phi) is 10.1. The standard InChI is InChI=1S/C19H25ClN2O5/c1-21-18(25)8-5-15(13-24)22(2)19(26)17-7-6-16(11-14(17)12-23)27-10-4-3-9-20/h6-7,11-13,15H,3-5,8-10H2,1-2H3,(H,21,25). The van der Waals surface area contributed by atoms with E-state index in [1.54, 1.807) is 6.07 Å². The van der Waals surface area contributed by atoms with Crippen LogP contribution in [0.1, 0.15) is 46.4 Å². The van der Waals surface area contributed by atoms with Crippen molar-refractivity contribution in [3.05, 3.63) is 29.3 Å². The average Bonchev–Trinajstić information content (AvgIpc) is 2.70. The van der Waals surface area contributed by atoms with Gasteiger partial charge < -0.3 is 19.7 Å². The van der Waals surface area contributed by atoms with Crippen LogP contribution in [-0.4, -0.2) is 61.9 Å². The van der Waals surface area contributed by atoms with Crippen LogP contribution in [0.25, 0.3) is 0 Å². The highest BCUT2D eigenvalue weighted by molar-refractivity contribution is 6.17. The molecule has 0 aliphatic rings. The summed E-state index contributed by atoms with van der Waals surface area (Å²) in [6, 6.07) is 3.84. The lowest BCUT2D eigenvalue weighted by molar-refractivity contribution is -0.121. The zero-order valence-electron chi connectivity index (χ0n) is 15.6. The highest BCUT2D eigenvalue weighted by Crippen LogP contribution is 2.19. The van der Waals surface area contributed by atoms with Gasteiger partial charge in [0, 0.05) is 32.0 Å². The molecule has 148 valence electrons. The van der Waals surface area contributed by atoms with Gasteiger partial charge >= 0.3 is 0 Å². The summed E-state index contributed by atoms with van der Waals surface area (Å²) in [7, 11) is 2.97. The Bertz CT molecular complexity index is 666. The lowest BCUT2D eigenvalue weighted by Gasteiger charge is -2.24. The number of alkyl halides is 1. The molecule has 0 saturated heterocycles. The van der Waals surface area contributed by atoms with Gasteiger partial charge in [-0.2, -0.15) is 0 Å². The van der Waals surface area contributed by atoms with Crippen molar-refractivity contribution in [2.45, 2.75) is 31.7 Å². The molecule has 0 radical (unpaired) electrons. The first-order chi connectivity index (χ1) is 13.0. The molecule has 0 bridgehead atoms. The molecule has 0 aromatic heterocycles. The van der Waals surface area contributed by atoms with Crippen molar-refractivity contribution in [1.82, 2.24) is 10.2 Å². The third kappa shape index (κ3) is 7.02. The van der Waals surface area contributed by atoms with Gasteiger partial charge in [-0.25, -0.2) is 0 Å². The molecular weight excluding hydrogens is 372 g/mol. The van der Waals surface area contributed by atoms with Crippen LogP contribution in [0.5, 0.6) is 5.75 Å². The summed E-state index contributed by atoms with van der Waals surface area (Å²) >= 11 is 5.61. The number of ether oxygens (including phenoxy) is 1. The normalized spacial score (nSPS) is 11.4. The molecule has 8 heteroatoms. The lowest BCUT2D eigenvalue weighted by Crippen LogP contribution is -2.39. The van der Waals surface area contributed by atoms with Crippen molar-refractivity contribution in [3.63, 3.8) is 0 Å². The highest BCUT2D eigenvalue weighted by Gasteiger charge is 2.23. The fraction of sp³-hybridized carbons (Fsp3) is 0.474. The van der Waals surface area contributed by atoms with Crippen LogP contribution in [-0.2, 0) is 9.59 Å². The van der Waals surface area contributed by atoms with Gasteiger partial charge in [0.25, 0.3) is 5.91 Å². The number of rotatable bonds is 12. The Morgan fingerprint density at radius 1 is 1.30 bits per heavy atom. The van der Waals surface area contributed by atoms with E-state index in [1.165, 1.54) is 31.1 Å². The van der Waals surface area contributed by atoms with Gasteiger partial charge in [-0.1, -0.05) is 0 Å². The molecule has 27 heavy (non-hydrogen) atoms. The van der Waals surface area contributed by atoms with Crippen molar-refractivity contribution >= 4 is 36.0 Å². The molecule has 0 saturated carbocycles. The summed E-state index contributed by atoms with van der Waals surface area (Å²) in [6.45, 7) is 0.463. The number of unbranched alkanes of at least 4 members (excludes halogenated alkanes) is 1. The first kappa shape index (κ1) is 22.6. The van der Waals surface area contributed by atoms with E-state index < -0.39 is 11.9 Å². The molecule has 1 atom stereocenters. The molecule has 1 rings (SSSR count). The van der Waals surface area contributed by atoms with E-state index in [-0.39, 0.29) is 29.9 Å². The smallest absolute Gasteiger partial charge is 0.254 e. The quantitative estimate of drug-likeness (QED) is 0.331. The maximum Gasteiger partial charge on any atom is 0.254 e. The SMILES string of the molecule is CNC(=O)CCC(C=O)N(C)C(=O)c1ccc(OCCCCCl)cc1C=O. The third-order valence-corrected chi connectivity index (χ3v) is 4.37. The fourth-order valence-electron chi connectivity index (χ4n) is 2.41. The summed E-state index contributed by atoms with van der Waals surface area (Å²) in [5.74, 6) is 0.352. The molecule has 2 amide bonds. The number of nitrogens with one attached hydrogen (secondary N) is 1. The van der Waals surface area contributed by atoms with E-state index in [9.17, 15) is 19.2 Å². The second kappa shape index (κ2) is 12.1. The Morgan fingerprint density at radius 3 is 2.63 bits per heavy atom. The topological polar surface area (TPSA) is 92.8 Å². The van der Waals surface area contributed by atoms with Crippen molar-refractivity contribution in [2.75, 3.05) is 26.6 Å². The number of amides is 2. The molecular formula is C19H25ClN2O5. The summed E-state index contributed by atoms with van der Waals surface area (Å²) < 4.78 is 5.55. The van der Waals surface area contributed by atoms with E-state index >= 15 is 0 Å². The molecule has 0 aliphatic heterocycles. The second-order valence-corrected chi connectivity index (χ2v) is 6.32. The zero-order valence-corrected chi connectivity index (χ0v) is 16.3. The van der Waals surface area contributed by atoms with Gasteiger partial charge in [0.05, 0.1) is 18.2 Å². The predicted octanol–water partition coefficient (Wildman–Crippen LogP) is 2.06. The third-order valence-electron chi connectivity index (χ3n) is 4.10. The Morgan fingerprint density at radius 2 is 2.04 bits per heavy atom. The number of aldehydes is 2. The minimum Gasteiger partial charge on any atom is -0.494 e. The summed E-state index contributed by atoms with van der Waals surface area (Å²) in [6.07, 6.45) is 3.13. The van der Waals surface area contributed by atoms with Crippen LogP contribution in [0.3, 0.4) is 0 Å². The van der Waals surface area contributed by atoms with E-state index in [0.717, 1.165) is 12.8 Å². The Labute approximate surface area is 164 Å². The van der Waals surface area contributed by atoms with Crippen molar-refractivity contribution in [2.24, 2.45) is 0 Å². The number of nitrogens with zero attached hydrogens (tertiary/aromatic N) is 1. The summed E-state index contributed by atoms with van der Waals surface area (Å²) in [5, 5.41) is 2.47. The largest absolute Gasteiger partial charge is 0.494 e. The van der Waals surface area contributed by atoms with E-state index in [0.29, 0.717) is 30.8 Å². The van der Waals surface area contributed by atoms with Gasteiger partial charge in [0.1, 0.15) is 12.0 Å². The number of carbonyl (C=O) groups is 4. The second-order valence-electron chi connectivity index (χ2n) is 5.94.